The molecule has 0 amide bonds. The Hall–Kier alpha value is -1.57. The van der Waals surface area contributed by atoms with Crippen molar-refractivity contribution in [2.45, 2.75) is 162 Å². The molecule has 0 radical (unpaired) electrons. The zero-order chi connectivity index (χ0) is 25.5. The number of nitrogens with zero attached hydrogens (tertiary/aromatic N) is 2. The van der Waals surface area contributed by atoms with E-state index in [-0.39, 0.29) is 0 Å². The van der Waals surface area contributed by atoms with Crippen LogP contribution in [0.5, 0.6) is 0 Å². The molecule has 0 unspecified atom stereocenters. The first-order chi connectivity index (χ1) is 17.8. The molecule has 0 bridgehead atoms. The van der Waals surface area contributed by atoms with Crippen molar-refractivity contribution in [3.63, 3.8) is 0 Å². The fourth-order valence-corrected chi connectivity index (χ4v) is 5.46. The monoisotopic (exact) mass is 495 g/mol. The van der Waals surface area contributed by atoms with E-state index in [1.807, 2.05) is 0 Å². The van der Waals surface area contributed by atoms with E-state index in [1.165, 1.54) is 147 Å². The molecule has 0 saturated carbocycles. The minimum Gasteiger partial charge on any atom is -0.234 e. The summed E-state index contributed by atoms with van der Waals surface area (Å²) in [6.45, 7) is 6.95. The lowest BCUT2D eigenvalue weighted by Gasteiger charge is -2.06. The molecule has 0 N–H and O–H groups in total. The molecule has 2 heteroatoms. The highest BCUT2D eigenvalue weighted by molar-refractivity contribution is 5.14. The zero-order valence-corrected chi connectivity index (χ0v) is 24.2. The van der Waals surface area contributed by atoms with Gasteiger partial charge < -0.3 is 0 Å². The van der Waals surface area contributed by atoms with Crippen LogP contribution in [0.3, 0.4) is 0 Å². The minimum absolute atomic E-state index is 1.14. The van der Waals surface area contributed by atoms with Crippen LogP contribution >= 0.6 is 0 Å². The summed E-state index contributed by atoms with van der Waals surface area (Å²) in [4.78, 5) is 0. The maximum Gasteiger partial charge on any atom is 0.256 e. The lowest BCUT2D eigenvalue weighted by Crippen LogP contribution is -2.37. The van der Waals surface area contributed by atoms with Crippen molar-refractivity contribution in [1.29, 1.82) is 0 Å². The molecular formula is C34H59N2+. The van der Waals surface area contributed by atoms with E-state index in [0.29, 0.717) is 0 Å². The number of rotatable bonds is 24. The van der Waals surface area contributed by atoms with Crippen molar-refractivity contribution < 1.29 is 4.57 Å². The van der Waals surface area contributed by atoms with Gasteiger partial charge in [-0.2, -0.15) is 0 Å². The number of aromatic nitrogens is 2. The Morgan fingerprint density at radius 3 is 1.64 bits per heavy atom. The molecule has 2 aromatic rings. The second-order valence-electron chi connectivity index (χ2n) is 11.1. The summed E-state index contributed by atoms with van der Waals surface area (Å²) in [6.07, 6.45) is 33.9. The maximum absolute atomic E-state index is 2.56. The molecule has 0 aliphatic carbocycles. The fraction of sp³-hybridized carbons (Fsp3) is 0.735. The molecule has 0 aliphatic rings. The highest BCUT2D eigenvalue weighted by Crippen LogP contribution is 2.14. The second kappa shape index (κ2) is 21.5. The van der Waals surface area contributed by atoms with E-state index >= 15 is 0 Å². The molecule has 204 valence electrons. The van der Waals surface area contributed by atoms with Crippen LogP contribution in [-0.4, -0.2) is 4.57 Å². The number of hydrogen-bond acceptors (Lipinski definition) is 0. The van der Waals surface area contributed by atoms with Crippen LogP contribution < -0.4 is 4.57 Å². The number of unbranched alkanes of at least 4 members (excludes halogenated alkanes) is 16. The Labute approximate surface area is 224 Å². The number of aryl methyl sites for hydroxylation is 3. The van der Waals surface area contributed by atoms with E-state index < -0.39 is 0 Å². The Balaban J connectivity index is 1.51. The summed E-state index contributed by atoms with van der Waals surface area (Å²) in [7, 11) is 0. The summed E-state index contributed by atoms with van der Waals surface area (Å²) < 4.78 is 5.09. The molecule has 2 nitrogen and oxygen atoms in total. The van der Waals surface area contributed by atoms with Crippen molar-refractivity contribution in [3.8, 4) is 0 Å². The van der Waals surface area contributed by atoms with Crippen LogP contribution in [0.25, 0.3) is 0 Å². The van der Waals surface area contributed by atoms with Crippen LogP contribution in [0.2, 0.25) is 0 Å². The largest absolute Gasteiger partial charge is 0.256 e. The molecule has 1 aromatic carbocycles. The second-order valence-corrected chi connectivity index (χ2v) is 11.1. The van der Waals surface area contributed by atoms with Gasteiger partial charge in [-0.1, -0.05) is 140 Å². The van der Waals surface area contributed by atoms with Crippen LogP contribution in [-0.2, 0) is 25.9 Å². The van der Waals surface area contributed by atoms with Gasteiger partial charge in [-0.15, -0.1) is 0 Å². The number of benzene rings is 1. The molecule has 1 aromatic heterocycles. The van der Waals surface area contributed by atoms with Gasteiger partial charge in [-0.05, 0) is 37.7 Å². The van der Waals surface area contributed by atoms with E-state index in [1.54, 1.807) is 5.82 Å². The molecule has 1 heterocycles. The van der Waals surface area contributed by atoms with Crippen LogP contribution in [0, 0.1) is 0 Å². The van der Waals surface area contributed by atoms with Gasteiger partial charge in [0.1, 0.15) is 12.4 Å². The molecule has 2 rings (SSSR count). The molecule has 36 heavy (non-hydrogen) atoms. The molecular weight excluding hydrogens is 436 g/mol. The summed E-state index contributed by atoms with van der Waals surface area (Å²) >= 11 is 0. The maximum atomic E-state index is 2.56. The van der Waals surface area contributed by atoms with Gasteiger partial charge >= 0.3 is 0 Å². The lowest BCUT2D eigenvalue weighted by atomic mass is 10.0. The Morgan fingerprint density at radius 2 is 1.08 bits per heavy atom. The summed E-state index contributed by atoms with van der Waals surface area (Å²) in [5, 5.41) is 0. The molecule has 0 saturated heterocycles. The van der Waals surface area contributed by atoms with E-state index in [4.69, 9.17) is 0 Å². The molecule has 0 atom stereocenters. The van der Waals surface area contributed by atoms with Crippen LogP contribution in [0.15, 0.2) is 42.7 Å². The van der Waals surface area contributed by atoms with Gasteiger partial charge in [0, 0.05) is 6.42 Å². The summed E-state index contributed by atoms with van der Waals surface area (Å²) in [5.74, 6) is 1.55. The van der Waals surface area contributed by atoms with Crippen molar-refractivity contribution in [2.75, 3.05) is 0 Å². The Bertz CT molecular complexity index is 733. The van der Waals surface area contributed by atoms with Gasteiger partial charge in [-0.3, -0.25) is 0 Å². The standard InChI is InChI=1S/C34H59N2/c1-3-5-7-8-9-10-11-12-13-14-15-16-17-18-19-23-29-35-31-32-36(34(35)28-6-4-2)30-24-27-33-25-21-20-22-26-33/h20-22,25-26,31-32H,3-19,23-24,27-30H2,1-2H3/q+1. The highest BCUT2D eigenvalue weighted by Gasteiger charge is 2.16. The van der Waals surface area contributed by atoms with Gasteiger partial charge in [0.05, 0.1) is 13.1 Å². The quantitative estimate of drug-likeness (QED) is 0.101. The van der Waals surface area contributed by atoms with Crippen molar-refractivity contribution in [3.05, 3.63) is 54.1 Å². The number of imidazole rings is 1. The van der Waals surface area contributed by atoms with Crippen LogP contribution in [0.4, 0.5) is 0 Å². The zero-order valence-electron chi connectivity index (χ0n) is 24.2. The first-order valence-electron chi connectivity index (χ1n) is 16.0. The first-order valence-corrected chi connectivity index (χ1v) is 16.0. The third kappa shape index (κ3) is 14.2. The van der Waals surface area contributed by atoms with Gasteiger partial charge in [0.2, 0.25) is 0 Å². The Kier molecular flexibility index (Phi) is 18.3. The predicted molar refractivity (Wildman–Crippen MR) is 158 cm³/mol. The van der Waals surface area contributed by atoms with Gasteiger partial charge in [0.25, 0.3) is 5.82 Å². The number of hydrogen-bond donors (Lipinski definition) is 0. The first kappa shape index (κ1) is 30.7. The lowest BCUT2D eigenvalue weighted by molar-refractivity contribution is -0.704. The SMILES string of the molecule is CCCCCCCCCCCCCCCCCCn1cc[n+](CCCc2ccccc2)c1CCCC. The highest BCUT2D eigenvalue weighted by atomic mass is 15.1. The van der Waals surface area contributed by atoms with Crippen molar-refractivity contribution in [2.24, 2.45) is 0 Å². The third-order valence-corrected chi connectivity index (χ3v) is 7.80. The molecule has 0 fully saturated rings. The predicted octanol–water partition coefficient (Wildman–Crippen LogP) is 10.0. The summed E-state index contributed by atoms with van der Waals surface area (Å²) in [6, 6.07) is 10.9. The van der Waals surface area contributed by atoms with E-state index in [0.717, 1.165) is 6.54 Å². The minimum atomic E-state index is 1.14. The van der Waals surface area contributed by atoms with Crippen molar-refractivity contribution in [1.82, 2.24) is 4.57 Å². The van der Waals surface area contributed by atoms with E-state index in [9.17, 15) is 0 Å². The normalized spacial score (nSPS) is 11.4. The third-order valence-electron chi connectivity index (χ3n) is 7.80. The van der Waals surface area contributed by atoms with Crippen molar-refractivity contribution >= 4 is 0 Å². The van der Waals surface area contributed by atoms with Crippen LogP contribution in [0.1, 0.15) is 147 Å². The van der Waals surface area contributed by atoms with E-state index in [2.05, 4.69) is 65.7 Å². The van der Waals surface area contributed by atoms with Gasteiger partial charge in [0.15, 0.2) is 0 Å². The smallest absolute Gasteiger partial charge is 0.234 e. The summed E-state index contributed by atoms with van der Waals surface area (Å²) in [5.41, 5.74) is 1.46. The average Bonchev–Trinajstić information content (AvgIpc) is 3.29. The molecule has 0 aliphatic heterocycles. The Morgan fingerprint density at radius 1 is 0.556 bits per heavy atom. The fourth-order valence-electron chi connectivity index (χ4n) is 5.46. The van der Waals surface area contributed by atoms with Gasteiger partial charge in [-0.25, -0.2) is 9.13 Å². The average molecular weight is 496 g/mol. The topological polar surface area (TPSA) is 8.81 Å². The molecule has 0 spiro atoms.